The van der Waals surface area contributed by atoms with Crippen LogP contribution in [0.4, 0.5) is 5.69 Å². The highest BCUT2D eigenvalue weighted by Gasteiger charge is 2.12. The zero-order chi connectivity index (χ0) is 14.7. The summed E-state index contributed by atoms with van der Waals surface area (Å²) in [7, 11) is 0. The van der Waals surface area contributed by atoms with Crippen LogP contribution < -0.4 is 11.1 Å². The van der Waals surface area contributed by atoms with Crippen molar-refractivity contribution < 1.29 is 4.79 Å². The fourth-order valence-corrected chi connectivity index (χ4v) is 2.12. The van der Waals surface area contributed by atoms with Gasteiger partial charge in [-0.3, -0.25) is 4.79 Å². The number of rotatable bonds is 3. The Morgan fingerprint density at radius 2 is 1.80 bits per heavy atom. The predicted octanol–water partition coefficient (Wildman–Crippen LogP) is 3.88. The van der Waals surface area contributed by atoms with Crippen molar-refractivity contribution in [3.8, 4) is 0 Å². The monoisotopic (exact) mass is 324 g/mol. The molecule has 0 aliphatic carbocycles. The molecule has 0 aliphatic rings. The number of nitrogens with two attached hydrogens (primary N) is 1. The van der Waals surface area contributed by atoms with Gasteiger partial charge in [-0.2, -0.15) is 0 Å². The maximum absolute atomic E-state index is 12.1. The fourth-order valence-electron chi connectivity index (χ4n) is 1.61. The number of carbonyl (C=O) groups is 1. The van der Waals surface area contributed by atoms with Gasteiger partial charge in [0.2, 0.25) is 0 Å². The number of halogens is 2. The van der Waals surface area contributed by atoms with Crippen LogP contribution in [0, 0.1) is 0 Å². The topological polar surface area (TPSA) is 55.1 Å². The van der Waals surface area contributed by atoms with Gasteiger partial charge in [0.1, 0.15) is 4.99 Å². The molecule has 2 aromatic carbocycles. The van der Waals surface area contributed by atoms with Gasteiger partial charge in [-0.15, -0.1) is 0 Å². The molecule has 0 atom stereocenters. The van der Waals surface area contributed by atoms with Crippen LogP contribution in [0.2, 0.25) is 10.0 Å². The fraction of sp³-hybridized carbons (Fsp3) is 0. The molecule has 0 bridgehead atoms. The van der Waals surface area contributed by atoms with E-state index in [0.717, 1.165) is 0 Å². The first-order valence-electron chi connectivity index (χ1n) is 5.64. The average Bonchev–Trinajstić information content (AvgIpc) is 2.41. The summed E-state index contributed by atoms with van der Waals surface area (Å²) in [6, 6.07) is 11.7. The Labute approximate surface area is 131 Å². The molecule has 2 aromatic rings. The minimum atomic E-state index is -0.349. The number of thiocarbonyl (C=S) groups is 1. The van der Waals surface area contributed by atoms with Crippen molar-refractivity contribution in [1.82, 2.24) is 0 Å². The number of nitrogens with one attached hydrogen (secondary N) is 1. The van der Waals surface area contributed by atoms with Crippen molar-refractivity contribution in [1.29, 1.82) is 0 Å². The van der Waals surface area contributed by atoms with Crippen molar-refractivity contribution >= 4 is 52.0 Å². The van der Waals surface area contributed by atoms with Crippen LogP contribution in [0.1, 0.15) is 15.9 Å². The SMILES string of the molecule is NC(=S)c1ccc(Cl)c(NC(=O)c2ccccc2Cl)c1. The zero-order valence-corrected chi connectivity index (χ0v) is 12.5. The molecule has 0 aromatic heterocycles. The van der Waals surface area contributed by atoms with E-state index in [9.17, 15) is 4.79 Å². The maximum Gasteiger partial charge on any atom is 0.257 e. The molecule has 0 saturated carbocycles. The van der Waals surface area contributed by atoms with Gasteiger partial charge in [-0.25, -0.2) is 0 Å². The third kappa shape index (κ3) is 3.28. The van der Waals surface area contributed by atoms with E-state index in [-0.39, 0.29) is 10.9 Å². The molecule has 0 fully saturated rings. The molecule has 2 rings (SSSR count). The summed E-state index contributed by atoms with van der Waals surface area (Å²) in [5.41, 5.74) is 6.98. The van der Waals surface area contributed by atoms with Crippen molar-refractivity contribution in [3.05, 3.63) is 63.6 Å². The zero-order valence-electron chi connectivity index (χ0n) is 10.2. The standard InChI is InChI=1S/C14H10Cl2N2OS/c15-10-4-2-1-3-9(10)14(19)18-12-7-8(13(17)20)5-6-11(12)16/h1-7H,(H2,17,20)(H,18,19). The second-order valence-electron chi connectivity index (χ2n) is 3.99. The van der Waals surface area contributed by atoms with E-state index in [0.29, 0.717) is 26.9 Å². The van der Waals surface area contributed by atoms with Gasteiger partial charge in [0, 0.05) is 5.56 Å². The molecular formula is C14H10Cl2N2OS. The van der Waals surface area contributed by atoms with Crippen molar-refractivity contribution in [3.63, 3.8) is 0 Å². The summed E-state index contributed by atoms with van der Waals surface area (Å²) < 4.78 is 0. The van der Waals surface area contributed by atoms with Crippen LogP contribution in [0.5, 0.6) is 0 Å². The highest BCUT2D eigenvalue weighted by atomic mass is 35.5. The third-order valence-corrected chi connectivity index (χ3v) is 3.51. The van der Waals surface area contributed by atoms with Gasteiger partial charge in [-0.05, 0) is 24.3 Å². The minimum absolute atomic E-state index is 0.231. The number of amides is 1. The maximum atomic E-state index is 12.1. The Kier molecular flexibility index (Phi) is 4.60. The molecule has 20 heavy (non-hydrogen) atoms. The summed E-state index contributed by atoms with van der Waals surface area (Å²) in [6.45, 7) is 0. The number of benzene rings is 2. The highest BCUT2D eigenvalue weighted by molar-refractivity contribution is 7.80. The molecule has 0 heterocycles. The smallest absolute Gasteiger partial charge is 0.257 e. The lowest BCUT2D eigenvalue weighted by molar-refractivity contribution is 0.102. The lowest BCUT2D eigenvalue weighted by atomic mass is 10.1. The van der Waals surface area contributed by atoms with Gasteiger partial charge in [0.25, 0.3) is 5.91 Å². The Hall–Kier alpha value is -1.62. The van der Waals surface area contributed by atoms with Crippen LogP contribution in [0.3, 0.4) is 0 Å². The lowest BCUT2D eigenvalue weighted by Crippen LogP contribution is -2.14. The Balaban J connectivity index is 2.30. The van der Waals surface area contributed by atoms with E-state index in [2.05, 4.69) is 5.32 Å². The van der Waals surface area contributed by atoms with Crippen molar-refractivity contribution in [2.45, 2.75) is 0 Å². The van der Waals surface area contributed by atoms with E-state index >= 15 is 0 Å². The molecule has 0 radical (unpaired) electrons. The third-order valence-electron chi connectivity index (χ3n) is 2.62. The van der Waals surface area contributed by atoms with Crippen molar-refractivity contribution in [2.24, 2.45) is 5.73 Å². The summed E-state index contributed by atoms with van der Waals surface area (Å²) in [6.07, 6.45) is 0. The summed E-state index contributed by atoms with van der Waals surface area (Å²) in [5.74, 6) is -0.349. The molecule has 0 saturated heterocycles. The Bertz CT molecular complexity index is 689. The second kappa shape index (κ2) is 6.22. The number of hydrogen-bond acceptors (Lipinski definition) is 2. The molecule has 0 spiro atoms. The molecule has 0 aliphatic heterocycles. The van der Waals surface area contributed by atoms with E-state index < -0.39 is 0 Å². The summed E-state index contributed by atoms with van der Waals surface area (Å²) in [5, 5.41) is 3.45. The van der Waals surface area contributed by atoms with E-state index in [1.165, 1.54) is 0 Å². The minimum Gasteiger partial charge on any atom is -0.389 e. The van der Waals surface area contributed by atoms with E-state index in [1.807, 2.05) is 0 Å². The van der Waals surface area contributed by atoms with E-state index in [1.54, 1.807) is 42.5 Å². The van der Waals surface area contributed by atoms with Crippen LogP contribution in [-0.2, 0) is 0 Å². The summed E-state index contributed by atoms with van der Waals surface area (Å²) in [4.78, 5) is 12.4. The van der Waals surface area contributed by atoms with Gasteiger partial charge in [0.05, 0.1) is 21.3 Å². The first-order valence-corrected chi connectivity index (χ1v) is 6.80. The Morgan fingerprint density at radius 3 is 2.45 bits per heavy atom. The van der Waals surface area contributed by atoms with Crippen molar-refractivity contribution in [2.75, 3.05) is 5.32 Å². The molecular weight excluding hydrogens is 315 g/mol. The molecule has 3 N–H and O–H groups in total. The molecule has 3 nitrogen and oxygen atoms in total. The molecule has 1 amide bonds. The summed E-state index contributed by atoms with van der Waals surface area (Å²) >= 11 is 16.9. The lowest BCUT2D eigenvalue weighted by Gasteiger charge is -2.10. The van der Waals surface area contributed by atoms with Crippen LogP contribution >= 0.6 is 35.4 Å². The first kappa shape index (κ1) is 14.8. The van der Waals surface area contributed by atoms with E-state index in [4.69, 9.17) is 41.2 Å². The second-order valence-corrected chi connectivity index (χ2v) is 5.25. The molecule has 6 heteroatoms. The average molecular weight is 325 g/mol. The number of carbonyl (C=O) groups excluding carboxylic acids is 1. The molecule has 102 valence electrons. The van der Waals surface area contributed by atoms with Crippen LogP contribution in [-0.4, -0.2) is 10.9 Å². The normalized spacial score (nSPS) is 10.1. The largest absolute Gasteiger partial charge is 0.389 e. The molecule has 0 unspecified atom stereocenters. The first-order chi connectivity index (χ1) is 9.49. The predicted molar refractivity (Wildman–Crippen MR) is 86.7 cm³/mol. The number of anilines is 1. The van der Waals surface area contributed by atoms with Gasteiger partial charge >= 0.3 is 0 Å². The number of hydrogen-bond donors (Lipinski definition) is 2. The van der Waals surface area contributed by atoms with Crippen LogP contribution in [0.25, 0.3) is 0 Å². The van der Waals surface area contributed by atoms with Crippen LogP contribution in [0.15, 0.2) is 42.5 Å². The van der Waals surface area contributed by atoms with Gasteiger partial charge in [-0.1, -0.05) is 53.6 Å². The highest BCUT2D eigenvalue weighted by Crippen LogP contribution is 2.25. The van der Waals surface area contributed by atoms with Gasteiger partial charge < -0.3 is 11.1 Å². The van der Waals surface area contributed by atoms with Gasteiger partial charge in [0.15, 0.2) is 0 Å². The Morgan fingerprint density at radius 1 is 1.10 bits per heavy atom. The quantitative estimate of drug-likeness (QED) is 0.842.